The lowest BCUT2D eigenvalue weighted by molar-refractivity contribution is 0.00578. The van der Waals surface area contributed by atoms with Gasteiger partial charge in [-0.1, -0.05) is 24.3 Å². The second kappa shape index (κ2) is 5.98. The van der Waals surface area contributed by atoms with E-state index in [9.17, 15) is 8.42 Å². The molecule has 1 aromatic carbocycles. The molecule has 3 rings (SSSR count). The molecule has 2 aliphatic rings. The third-order valence-corrected chi connectivity index (χ3v) is 7.02. The van der Waals surface area contributed by atoms with E-state index in [4.69, 9.17) is 9.31 Å². The molecular formula is C17H24BNO4S. The standard InChI is InChI=1S/C17H24BNO4S/c1-16(2)17(3,4)23-18(22-16)14-10-12-19(13-11-14)24(20,21)15-8-6-5-7-9-15/h5-10H,11-13H2,1-4H3. The lowest BCUT2D eigenvalue weighted by Gasteiger charge is -2.32. The maximum Gasteiger partial charge on any atom is 0.490 e. The molecule has 5 nitrogen and oxygen atoms in total. The van der Waals surface area contributed by atoms with E-state index >= 15 is 0 Å². The van der Waals surface area contributed by atoms with Crippen LogP contribution < -0.4 is 0 Å². The first-order chi connectivity index (χ1) is 11.1. The summed E-state index contributed by atoms with van der Waals surface area (Å²) in [6, 6.07) is 8.54. The van der Waals surface area contributed by atoms with Crippen molar-refractivity contribution in [2.75, 3.05) is 13.1 Å². The van der Waals surface area contributed by atoms with Gasteiger partial charge in [-0.3, -0.25) is 0 Å². The summed E-state index contributed by atoms with van der Waals surface area (Å²) in [4.78, 5) is 0.331. The van der Waals surface area contributed by atoms with Gasteiger partial charge in [0.2, 0.25) is 10.0 Å². The Balaban J connectivity index is 1.74. The van der Waals surface area contributed by atoms with Crippen molar-refractivity contribution >= 4 is 17.1 Å². The van der Waals surface area contributed by atoms with Crippen LogP contribution in [-0.4, -0.2) is 44.1 Å². The van der Waals surface area contributed by atoms with Gasteiger partial charge in [0.25, 0.3) is 0 Å². The van der Waals surface area contributed by atoms with Crippen molar-refractivity contribution in [2.45, 2.75) is 50.2 Å². The summed E-state index contributed by atoms with van der Waals surface area (Å²) < 4.78 is 38.9. The topological polar surface area (TPSA) is 55.8 Å². The Hall–Kier alpha value is -1.15. The zero-order valence-corrected chi connectivity index (χ0v) is 15.5. The summed E-state index contributed by atoms with van der Waals surface area (Å²) in [5, 5.41) is 0. The number of rotatable bonds is 3. The number of sulfonamides is 1. The molecular weight excluding hydrogens is 325 g/mol. The Bertz CT molecular complexity index is 727. The summed E-state index contributed by atoms with van der Waals surface area (Å²) in [6.07, 6.45) is 2.54. The fourth-order valence-corrected chi connectivity index (χ4v) is 4.24. The molecule has 7 heteroatoms. The second-order valence-electron chi connectivity index (χ2n) is 7.29. The van der Waals surface area contributed by atoms with Crippen molar-refractivity contribution in [3.8, 4) is 0 Å². The fraction of sp³-hybridized carbons (Fsp3) is 0.529. The molecule has 0 N–H and O–H groups in total. The second-order valence-corrected chi connectivity index (χ2v) is 9.23. The molecule has 0 atom stereocenters. The molecule has 0 spiro atoms. The van der Waals surface area contributed by atoms with E-state index < -0.39 is 17.1 Å². The van der Waals surface area contributed by atoms with Crippen LogP contribution in [0.1, 0.15) is 34.1 Å². The first kappa shape index (κ1) is 17.7. The third-order valence-electron chi connectivity index (χ3n) is 5.14. The van der Waals surface area contributed by atoms with E-state index in [0.29, 0.717) is 24.4 Å². The summed E-state index contributed by atoms with van der Waals surface area (Å²) in [5.41, 5.74) is 0.255. The van der Waals surface area contributed by atoms with E-state index in [0.717, 1.165) is 5.47 Å². The first-order valence-electron chi connectivity index (χ1n) is 8.23. The normalized spacial score (nSPS) is 24.0. The van der Waals surface area contributed by atoms with E-state index in [1.807, 2.05) is 39.8 Å². The number of hydrogen-bond donors (Lipinski definition) is 0. The average Bonchev–Trinajstić information content (AvgIpc) is 2.76. The van der Waals surface area contributed by atoms with Gasteiger partial charge in [0.15, 0.2) is 0 Å². The van der Waals surface area contributed by atoms with Crippen LogP contribution in [0.4, 0.5) is 0 Å². The molecule has 1 aromatic rings. The molecule has 0 saturated carbocycles. The number of hydrogen-bond acceptors (Lipinski definition) is 4. The summed E-state index contributed by atoms with van der Waals surface area (Å²) >= 11 is 0. The molecule has 24 heavy (non-hydrogen) atoms. The van der Waals surface area contributed by atoms with Gasteiger partial charge in [-0.05, 0) is 51.7 Å². The third kappa shape index (κ3) is 3.06. The quantitative estimate of drug-likeness (QED) is 0.788. The molecule has 130 valence electrons. The molecule has 1 fully saturated rings. The summed E-state index contributed by atoms with van der Waals surface area (Å²) in [7, 11) is -3.84. The maximum atomic E-state index is 12.7. The van der Waals surface area contributed by atoms with E-state index in [2.05, 4.69) is 0 Å². The molecule has 0 amide bonds. The van der Waals surface area contributed by atoms with Crippen molar-refractivity contribution in [1.29, 1.82) is 0 Å². The van der Waals surface area contributed by atoms with E-state index in [1.165, 1.54) is 4.31 Å². The number of benzene rings is 1. The zero-order valence-electron chi connectivity index (χ0n) is 14.7. The molecule has 0 aromatic heterocycles. The highest BCUT2D eigenvalue weighted by molar-refractivity contribution is 7.89. The minimum absolute atomic E-state index is 0.331. The number of nitrogens with zero attached hydrogens (tertiary/aromatic N) is 1. The van der Waals surface area contributed by atoms with Crippen LogP contribution in [0.2, 0.25) is 0 Å². The van der Waals surface area contributed by atoms with E-state index in [-0.39, 0.29) is 11.2 Å². The Morgan fingerprint density at radius 1 is 1.04 bits per heavy atom. The highest BCUT2D eigenvalue weighted by Crippen LogP contribution is 2.39. The van der Waals surface area contributed by atoms with Gasteiger partial charge in [0.05, 0.1) is 16.1 Å². The average molecular weight is 349 g/mol. The molecule has 1 saturated heterocycles. The molecule has 0 aliphatic carbocycles. The lowest BCUT2D eigenvalue weighted by Crippen LogP contribution is -2.41. The monoisotopic (exact) mass is 349 g/mol. The SMILES string of the molecule is CC1(C)OB(C2=CCN(S(=O)(=O)c3ccccc3)CC2)OC1(C)C. The Labute approximate surface area is 144 Å². The van der Waals surface area contributed by atoms with Crippen LogP contribution in [0.25, 0.3) is 0 Å². The highest BCUT2D eigenvalue weighted by atomic mass is 32.2. The predicted octanol–water partition coefficient (Wildman–Crippen LogP) is 2.64. The van der Waals surface area contributed by atoms with Crippen LogP contribution in [0.15, 0.2) is 46.8 Å². The van der Waals surface area contributed by atoms with Crippen LogP contribution >= 0.6 is 0 Å². The Morgan fingerprint density at radius 3 is 2.12 bits per heavy atom. The predicted molar refractivity (Wildman–Crippen MR) is 94.0 cm³/mol. The van der Waals surface area contributed by atoms with Gasteiger partial charge >= 0.3 is 7.12 Å². The summed E-state index contributed by atoms with van der Waals surface area (Å²) in [6.45, 7) is 8.85. The smallest absolute Gasteiger partial charge is 0.400 e. The Kier molecular flexibility index (Phi) is 4.41. The molecule has 2 aliphatic heterocycles. The van der Waals surface area contributed by atoms with E-state index in [1.54, 1.807) is 24.3 Å². The zero-order chi connectivity index (χ0) is 17.6. The van der Waals surface area contributed by atoms with Gasteiger partial charge in [-0.2, -0.15) is 4.31 Å². The Morgan fingerprint density at radius 2 is 1.62 bits per heavy atom. The van der Waals surface area contributed by atoms with Crippen LogP contribution in [0.5, 0.6) is 0 Å². The minimum atomic E-state index is -3.45. The molecule has 0 bridgehead atoms. The van der Waals surface area contributed by atoms with Crippen molar-refractivity contribution < 1.29 is 17.7 Å². The van der Waals surface area contributed by atoms with Crippen molar-refractivity contribution in [3.05, 3.63) is 41.9 Å². The van der Waals surface area contributed by atoms with Crippen molar-refractivity contribution in [1.82, 2.24) is 4.31 Å². The van der Waals surface area contributed by atoms with Gasteiger partial charge < -0.3 is 9.31 Å². The fourth-order valence-electron chi connectivity index (χ4n) is 2.83. The van der Waals surface area contributed by atoms with Gasteiger partial charge in [-0.15, -0.1) is 0 Å². The lowest BCUT2D eigenvalue weighted by atomic mass is 9.75. The van der Waals surface area contributed by atoms with Crippen LogP contribution in [-0.2, 0) is 19.3 Å². The van der Waals surface area contributed by atoms with Gasteiger partial charge in [-0.25, -0.2) is 8.42 Å². The maximum absolute atomic E-state index is 12.7. The molecule has 0 radical (unpaired) electrons. The van der Waals surface area contributed by atoms with Crippen LogP contribution in [0.3, 0.4) is 0 Å². The molecule has 2 heterocycles. The minimum Gasteiger partial charge on any atom is -0.400 e. The van der Waals surface area contributed by atoms with Gasteiger partial charge in [0.1, 0.15) is 0 Å². The largest absolute Gasteiger partial charge is 0.490 e. The molecule has 0 unspecified atom stereocenters. The van der Waals surface area contributed by atoms with Crippen molar-refractivity contribution in [3.63, 3.8) is 0 Å². The highest BCUT2D eigenvalue weighted by Gasteiger charge is 2.52. The van der Waals surface area contributed by atoms with Crippen LogP contribution in [0, 0.1) is 0 Å². The summed E-state index contributed by atoms with van der Waals surface area (Å²) in [5.74, 6) is 0. The van der Waals surface area contributed by atoms with Gasteiger partial charge in [0, 0.05) is 13.1 Å². The first-order valence-corrected chi connectivity index (χ1v) is 9.67. The van der Waals surface area contributed by atoms with Crippen molar-refractivity contribution in [2.24, 2.45) is 0 Å².